The van der Waals surface area contributed by atoms with Gasteiger partial charge in [0.2, 0.25) is 11.8 Å². The van der Waals surface area contributed by atoms with Gasteiger partial charge in [-0.05, 0) is 6.92 Å². The van der Waals surface area contributed by atoms with Crippen molar-refractivity contribution in [3.8, 4) is 0 Å². The molecule has 0 aromatic carbocycles. The van der Waals surface area contributed by atoms with Crippen LogP contribution in [-0.2, 0) is 56.4 Å². The van der Waals surface area contributed by atoms with Gasteiger partial charge in [-0.3, -0.25) is 28.1 Å². The highest BCUT2D eigenvalue weighted by Crippen LogP contribution is 2.56. The van der Waals surface area contributed by atoms with E-state index in [4.69, 9.17) is 10.5 Å². The number of carbonyl (C=O) groups excluding carboxylic acids is 3. The summed E-state index contributed by atoms with van der Waals surface area (Å²) in [6.45, 7) is 2.99. The first kappa shape index (κ1) is 45.0. The van der Waals surface area contributed by atoms with E-state index in [-0.39, 0.29) is 41.6 Å². The zero-order valence-electron chi connectivity index (χ0n) is 28.5. The molecule has 0 bridgehead atoms. The summed E-state index contributed by atoms with van der Waals surface area (Å²) in [5.41, 5.74) is 2.03. The van der Waals surface area contributed by atoms with Crippen LogP contribution in [0.5, 0.6) is 0 Å². The second kappa shape index (κ2) is 18.0. The Kier molecular flexibility index (Phi) is 15.3. The number of nitrogens with one attached hydrogen (secondary N) is 2. The summed E-state index contributed by atoms with van der Waals surface area (Å²) in [5.74, 6) is -1.18. The van der Waals surface area contributed by atoms with E-state index < -0.39 is 84.1 Å². The Labute approximate surface area is 306 Å². The smallest absolute Gasteiger partial charge is 0.274 e. The zero-order valence-corrected chi connectivity index (χ0v) is 32.0. The van der Waals surface area contributed by atoms with Crippen molar-refractivity contribution in [2.75, 3.05) is 37.8 Å². The van der Waals surface area contributed by atoms with Crippen molar-refractivity contribution in [1.29, 1.82) is 0 Å². The number of phosphoric ester groups is 3. The molecule has 7 atom stereocenters. The number of nitrogens with two attached hydrogens (primary N) is 1. The first-order chi connectivity index (χ1) is 24.4. The highest BCUT2D eigenvalue weighted by Gasteiger charge is 2.55. The molecule has 0 aliphatic carbocycles. The molecule has 0 spiro atoms. The number of nitrogens with zero attached hydrogens (tertiary/aromatic N) is 4. The minimum Gasteiger partial charge on any atom is -0.790 e. The lowest BCUT2D eigenvalue weighted by molar-refractivity contribution is -0.347. The van der Waals surface area contributed by atoms with Crippen molar-refractivity contribution in [1.82, 2.24) is 30.2 Å². The molecule has 53 heavy (non-hydrogen) atoms. The van der Waals surface area contributed by atoms with Gasteiger partial charge >= 0.3 is 0 Å². The molecule has 0 saturated carbocycles. The fourth-order valence-electron chi connectivity index (χ4n) is 4.69. The van der Waals surface area contributed by atoms with E-state index in [1.165, 1.54) is 20.8 Å². The number of ether oxygens (including phenoxy) is 1. The number of nitrogen functional groups attached to an aromatic ring is 1. The number of rotatable bonds is 20. The number of phosphoric acid groups is 3. The highest BCUT2D eigenvalue weighted by molar-refractivity contribution is 8.13. The van der Waals surface area contributed by atoms with Crippen LogP contribution in [0.3, 0.4) is 0 Å². The van der Waals surface area contributed by atoms with Crippen LogP contribution in [0.15, 0.2) is 12.7 Å². The minimum atomic E-state index is -5.92. The summed E-state index contributed by atoms with van der Waals surface area (Å²) in [4.78, 5) is 95.3. The summed E-state index contributed by atoms with van der Waals surface area (Å²) >= 11 is 1.06. The lowest BCUT2D eigenvalue weighted by Gasteiger charge is -2.36. The van der Waals surface area contributed by atoms with Crippen molar-refractivity contribution >= 4 is 69.1 Å². The van der Waals surface area contributed by atoms with Crippen LogP contribution in [0.2, 0.25) is 0 Å². The van der Waals surface area contributed by atoms with Crippen molar-refractivity contribution in [3.63, 3.8) is 0 Å². The summed E-state index contributed by atoms with van der Waals surface area (Å²) < 4.78 is 60.9. The summed E-state index contributed by atoms with van der Waals surface area (Å²) in [6, 6.07) is 0. The number of aliphatic hydroxyl groups is 2. The van der Waals surface area contributed by atoms with Crippen LogP contribution >= 0.6 is 35.2 Å². The van der Waals surface area contributed by atoms with E-state index in [0.29, 0.717) is 12.2 Å². The van der Waals surface area contributed by atoms with E-state index >= 15 is 0 Å². The van der Waals surface area contributed by atoms with Gasteiger partial charge < -0.3 is 69.0 Å². The van der Waals surface area contributed by atoms with Gasteiger partial charge in [0.1, 0.15) is 36.3 Å². The van der Waals surface area contributed by atoms with Crippen LogP contribution in [0.4, 0.5) is 5.82 Å². The molecule has 300 valence electrons. The van der Waals surface area contributed by atoms with Gasteiger partial charge in [-0.15, -0.1) is 0 Å². The number of imidazole rings is 1. The first-order valence-corrected chi connectivity index (χ1v) is 20.8. The van der Waals surface area contributed by atoms with Gasteiger partial charge in [0.25, 0.3) is 15.6 Å². The summed E-state index contributed by atoms with van der Waals surface area (Å²) in [5, 5.41) is 26.3. The molecular formula is C25H38N7O17P3S-4. The Morgan fingerprint density at radius 1 is 1.11 bits per heavy atom. The number of thioether (sulfide) groups is 1. The van der Waals surface area contributed by atoms with E-state index in [2.05, 4.69) is 43.5 Å². The van der Waals surface area contributed by atoms with Crippen LogP contribution in [0.25, 0.3) is 11.2 Å². The number of anilines is 1. The molecule has 1 aliphatic heterocycles. The maximum absolute atomic E-state index is 12.5. The molecule has 28 heteroatoms. The van der Waals surface area contributed by atoms with E-state index in [1.807, 2.05) is 0 Å². The highest BCUT2D eigenvalue weighted by atomic mass is 32.2. The Hall–Kier alpha value is -2.44. The first-order valence-electron chi connectivity index (χ1n) is 15.4. The lowest BCUT2D eigenvalue weighted by Crippen LogP contribution is -2.46. The van der Waals surface area contributed by atoms with Crippen LogP contribution in [0.1, 0.15) is 40.5 Å². The lowest BCUT2D eigenvalue weighted by atomic mass is 9.87. The predicted molar refractivity (Wildman–Crippen MR) is 173 cm³/mol. The second-order valence-electron chi connectivity index (χ2n) is 12.1. The number of hydrogen-bond donors (Lipinski definition) is 5. The van der Waals surface area contributed by atoms with Crippen LogP contribution < -0.4 is 35.9 Å². The average molecular weight is 834 g/mol. The monoisotopic (exact) mass is 833 g/mol. The van der Waals surface area contributed by atoms with Crippen LogP contribution in [0, 0.1) is 5.41 Å². The van der Waals surface area contributed by atoms with Crippen molar-refractivity contribution in [2.45, 2.75) is 70.7 Å². The van der Waals surface area contributed by atoms with Crippen molar-refractivity contribution in [2.24, 2.45) is 5.41 Å². The molecule has 3 rings (SSSR count). The third-order valence-electron chi connectivity index (χ3n) is 7.51. The Balaban J connectivity index is 1.57. The van der Waals surface area contributed by atoms with Gasteiger partial charge in [-0.1, -0.05) is 32.5 Å². The standard InChI is InChI=1S/C25H42N7O17P3S/c1-5-16(34)53-9-8-27-15(33)6-7-28-23(37)20(36)24(2,3)11-46-52(43,44)49-51(41,42)45-10-14-18(48-50(38,39)40)19(35)25(4,47-14)32-13-31-17-21(26)29-12-30-22(17)32/h12-14,18-20,35-36H,5-11H2,1-4H3,(H,27,33)(H,28,37)(H,41,42)(H,43,44)(H2,26,29,30)(H2,38,39,40)/p-4. The maximum atomic E-state index is 12.5. The fourth-order valence-corrected chi connectivity index (χ4v) is 8.05. The molecule has 1 fully saturated rings. The number of aromatic nitrogens is 4. The Bertz CT molecular complexity index is 1780. The average Bonchev–Trinajstić information content (AvgIpc) is 3.60. The normalized spacial score (nSPS) is 23.6. The molecule has 2 aromatic heterocycles. The number of fused-ring (bicyclic) bond motifs is 1. The molecule has 6 N–H and O–H groups in total. The fraction of sp³-hybridized carbons (Fsp3) is 0.680. The molecule has 0 radical (unpaired) electrons. The topological polar surface area (TPSA) is 375 Å². The van der Waals surface area contributed by atoms with E-state index in [9.17, 15) is 57.9 Å². The quantitative estimate of drug-likeness (QED) is 0.0645. The molecule has 3 heterocycles. The number of amides is 2. The Morgan fingerprint density at radius 3 is 2.42 bits per heavy atom. The van der Waals surface area contributed by atoms with E-state index in [1.54, 1.807) is 6.92 Å². The number of hydrogen-bond acceptors (Lipinski definition) is 22. The largest absolute Gasteiger partial charge is 0.790 e. The molecule has 2 aromatic rings. The molecule has 7 unspecified atom stereocenters. The molecule has 24 nitrogen and oxygen atoms in total. The van der Waals surface area contributed by atoms with Gasteiger partial charge in [-0.2, -0.15) is 0 Å². The molecular weight excluding hydrogens is 795 g/mol. The SMILES string of the molecule is CCC(=O)SCCNC(=O)CCNC(=O)C(O)C(C)(C)COP(=O)([O-])OP(=O)([O-])OCC1OC(C)(n2cnc3c(N)ncnc32)C(O)C1OP(=O)([O-])[O-]. The second-order valence-corrected chi connectivity index (χ2v) is 17.3. The van der Waals surface area contributed by atoms with Crippen LogP contribution in [-0.4, -0.2) is 103 Å². The van der Waals surface area contributed by atoms with Crippen molar-refractivity contribution < 1.29 is 80.5 Å². The molecule has 2 amide bonds. The zero-order chi connectivity index (χ0) is 40.0. The van der Waals surface area contributed by atoms with Crippen molar-refractivity contribution in [3.05, 3.63) is 12.7 Å². The minimum absolute atomic E-state index is 0.0321. The third kappa shape index (κ3) is 12.5. The number of aliphatic hydroxyl groups excluding tert-OH is 2. The van der Waals surface area contributed by atoms with Gasteiger partial charge in [0.05, 0.1) is 27.4 Å². The summed E-state index contributed by atoms with van der Waals surface area (Å²) in [7, 11) is -17.6. The van der Waals surface area contributed by atoms with Gasteiger partial charge in [-0.25, -0.2) is 19.3 Å². The summed E-state index contributed by atoms with van der Waals surface area (Å²) in [6.07, 6.45) is -5.70. The van der Waals surface area contributed by atoms with E-state index in [0.717, 1.165) is 29.0 Å². The molecule has 1 saturated heterocycles. The van der Waals surface area contributed by atoms with Gasteiger partial charge in [0, 0.05) is 37.1 Å². The molecule has 1 aliphatic rings. The number of carbonyl (C=O) groups is 3. The Morgan fingerprint density at radius 2 is 1.77 bits per heavy atom. The van der Waals surface area contributed by atoms with Gasteiger partial charge in [0.15, 0.2) is 22.3 Å². The maximum Gasteiger partial charge on any atom is 0.274 e. The third-order valence-corrected chi connectivity index (χ3v) is 11.5. The predicted octanol–water partition coefficient (Wildman–Crippen LogP) is -3.28.